The number of aliphatic hydroxyl groups excluding tert-OH is 4. The molecule has 6 atom stereocenters. The largest absolute Gasteiger partial charge is 0.462 e. The highest BCUT2D eigenvalue weighted by atomic mass is 16.7. The van der Waals surface area contributed by atoms with Crippen molar-refractivity contribution in [3.8, 4) is 0 Å². The van der Waals surface area contributed by atoms with E-state index in [1.165, 1.54) is 173 Å². The fourth-order valence-electron chi connectivity index (χ4n) is 8.07. The molecule has 0 aromatic rings. The van der Waals surface area contributed by atoms with Gasteiger partial charge in [-0.3, -0.25) is 9.59 Å². The molecule has 4 N–H and O–H groups in total. The summed E-state index contributed by atoms with van der Waals surface area (Å²) in [4.78, 5) is 25.4. The van der Waals surface area contributed by atoms with E-state index in [0.717, 1.165) is 38.5 Å². The lowest BCUT2D eigenvalue weighted by Crippen LogP contribution is -2.59. The van der Waals surface area contributed by atoms with Crippen LogP contribution in [-0.2, 0) is 28.5 Å². The molecular formula is C51H96O10. The first-order valence-corrected chi connectivity index (χ1v) is 25.8. The summed E-state index contributed by atoms with van der Waals surface area (Å²) in [6.07, 6.45) is 39.3. The Labute approximate surface area is 373 Å². The fourth-order valence-corrected chi connectivity index (χ4v) is 8.07. The lowest BCUT2D eigenvalue weighted by Gasteiger charge is -2.39. The molecule has 10 nitrogen and oxygen atoms in total. The number of carbonyl (C=O) groups is 2. The highest BCUT2D eigenvalue weighted by Gasteiger charge is 2.44. The van der Waals surface area contributed by atoms with Crippen molar-refractivity contribution in [3.63, 3.8) is 0 Å². The van der Waals surface area contributed by atoms with Gasteiger partial charge in [-0.25, -0.2) is 0 Å². The van der Waals surface area contributed by atoms with Crippen LogP contribution in [0.1, 0.15) is 245 Å². The van der Waals surface area contributed by atoms with Crippen LogP contribution < -0.4 is 0 Å². The van der Waals surface area contributed by atoms with Gasteiger partial charge in [-0.2, -0.15) is 0 Å². The summed E-state index contributed by atoms with van der Waals surface area (Å²) in [7, 11) is 0. The maximum atomic E-state index is 12.8. The minimum atomic E-state index is -1.59. The Kier molecular flexibility index (Phi) is 39.9. The summed E-state index contributed by atoms with van der Waals surface area (Å²) < 4.78 is 22.3. The van der Waals surface area contributed by atoms with Gasteiger partial charge in [-0.15, -0.1) is 0 Å². The minimum Gasteiger partial charge on any atom is -0.462 e. The van der Waals surface area contributed by atoms with Crippen molar-refractivity contribution in [3.05, 3.63) is 12.2 Å². The molecule has 1 rings (SSSR count). The second-order valence-corrected chi connectivity index (χ2v) is 18.0. The van der Waals surface area contributed by atoms with Gasteiger partial charge in [0.05, 0.1) is 13.2 Å². The molecule has 0 saturated carbocycles. The number of hydrogen-bond acceptors (Lipinski definition) is 10. The molecule has 0 amide bonds. The van der Waals surface area contributed by atoms with Crippen LogP contribution in [0.2, 0.25) is 0 Å². The number of carbonyl (C=O) groups excluding carboxylic acids is 2. The van der Waals surface area contributed by atoms with Gasteiger partial charge in [0.15, 0.2) is 12.4 Å². The third-order valence-corrected chi connectivity index (χ3v) is 12.2. The Morgan fingerprint density at radius 3 is 1.30 bits per heavy atom. The molecule has 0 spiro atoms. The third kappa shape index (κ3) is 33.6. The molecule has 360 valence electrons. The van der Waals surface area contributed by atoms with E-state index >= 15 is 0 Å². The number of ether oxygens (including phenoxy) is 4. The number of aliphatic hydroxyl groups is 4. The molecule has 1 saturated heterocycles. The van der Waals surface area contributed by atoms with Crippen molar-refractivity contribution in [2.45, 2.75) is 282 Å². The van der Waals surface area contributed by atoms with Crippen molar-refractivity contribution in [1.82, 2.24) is 0 Å². The van der Waals surface area contributed by atoms with Gasteiger partial charge in [0.1, 0.15) is 31.0 Å². The zero-order chi connectivity index (χ0) is 44.4. The average Bonchev–Trinajstić information content (AvgIpc) is 3.26. The van der Waals surface area contributed by atoms with Crippen LogP contribution in [0.3, 0.4) is 0 Å². The van der Waals surface area contributed by atoms with Crippen molar-refractivity contribution < 1.29 is 49.0 Å². The van der Waals surface area contributed by atoms with Crippen molar-refractivity contribution >= 4 is 11.9 Å². The molecule has 0 radical (unpaired) electrons. The number of allylic oxidation sites excluding steroid dienone is 2. The van der Waals surface area contributed by atoms with Crippen LogP contribution in [0.15, 0.2) is 12.2 Å². The Morgan fingerprint density at radius 1 is 0.492 bits per heavy atom. The van der Waals surface area contributed by atoms with E-state index < -0.39 is 49.4 Å². The summed E-state index contributed by atoms with van der Waals surface area (Å²) in [6, 6.07) is 0. The van der Waals surface area contributed by atoms with E-state index in [2.05, 4.69) is 26.0 Å². The summed E-state index contributed by atoms with van der Waals surface area (Å²) in [6.45, 7) is 3.46. The number of esters is 2. The quantitative estimate of drug-likeness (QED) is 0.0264. The van der Waals surface area contributed by atoms with Crippen molar-refractivity contribution in [1.29, 1.82) is 0 Å². The predicted molar refractivity (Wildman–Crippen MR) is 247 cm³/mol. The van der Waals surface area contributed by atoms with Crippen LogP contribution in [0, 0.1) is 0 Å². The fraction of sp³-hybridized carbons (Fsp3) is 0.922. The molecule has 1 aliphatic heterocycles. The molecular weight excluding hydrogens is 773 g/mol. The highest BCUT2D eigenvalue weighted by molar-refractivity contribution is 5.70. The second-order valence-electron chi connectivity index (χ2n) is 18.0. The van der Waals surface area contributed by atoms with Gasteiger partial charge < -0.3 is 39.4 Å². The molecule has 0 aromatic heterocycles. The van der Waals surface area contributed by atoms with Gasteiger partial charge in [-0.05, 0) is 38.5 Å². The number of rotatable bonds is 44. The lowest BCUT2D eigenvalue weighted by molar-refractivity contribution is -0.305. The first kappa shape index (κ1) is 57.5. The summed E-state index contributed by atoms with van der Waals surface area (Å²) in [5.41, 5.74) is 0. The van der Waals surface area contributed by atoms with E-state index in [-0.39, 0.29) is 32.0 Å². The van der Waals surface area contributed by atoms with E-state index in [1.807, 2.05) is 0 Å². The van der Waals surface area contributed by atoms with Crippen molar-refractivity contribution in [2.24, 2.45) is 0 Å². The normalized spacial score (nSPS) is 19.7. The Bertz CT molecular complexity index is 1010. The van der Waals surface area contributed by atoms with Gasteiger partial charge in [0.25, 0.3) is 0 Å². The van der Waals surface area contributed by atoms with Crippen LogP contribution in [0.25, 0.3) is 0 Å². The summed E-state index contributed by atoms with van der Waals surface area (Å²) in [5, 5.41) is 40.2. The molecule has 0 bridgehead atoms. The lowest BCUT2D eigenvalue weighted by atomic mass is 9.99. The molecule has 2 unspecified atom stereocenters. The molecule has 0 aromatic carbocycles. The van der Waals surface area contributed by atoms with Crippen LogP contribution in [-0.4, -0.2) is 89.0 Å². The number of hydrogen-bond donors (Lipinski definition) is 4. The first-order chi connectivity index (χ1) is 29.8. The first-order valence-electron chi connectivity index (χ1n) is 25.8. The smallest absolute Gasteiger partial charge is 0.306 e. The Balaban J connectivity index is 2.24. The highest BCUT2D eigenvalue weighted by Crippen LogP contribution is 2.23. The van der Waals surface area contributed by atoms with Crippen molar-refractivity contribution in [2.75, 3.05) is 19.8 Å². The van der Waals surface area contributed by atoms with E-state index in [1.54, 1.807) is 0 Å². The molecule has 61 heavy (non-hydrogen) atoms. The summed E-state index contributed by atoms with van der Waals surface area (Å²) in [5.74, 6) is -0.793. The summed E-state index contributed by atoms with van der Waals surface area (Å²) >= 11 is 0. The standard InChI is InChI=1S/C51H96O10/c1-3-5-7-9-11-13-15-17-19-21-22-24-25-27-29-31-33-35-37-39-46(53)58-42-44(43-59-51-50(57)49(56)48(55)45(41-52)61-51)60-47(54)40-38-36-34-32-30-28-26-23-20-18-16-14-12-10-8-6-4-2/h14,16,44-45,48-52,55-57H,3-13,15,17-43H2,1-2H3/b16-14+/t44-,45-,48+,49?,50?,51-/m0/s1. The monoisotopic (exact) mass is 869 g/mol. The van der Waals surface area contributed by atoms with Gasteiger partial charge >= 0.3 is 11.9 Å². The van der Waals surface area contributed by atoms with Gasteiger partial charge in [0.2, 0.25) is 0 Å². The molecule has 0 aliphatic carbocycles. The Hall–Kier alpha value is -1.56. The molecule has 1 aliphatic rings. The predicted octanol–water partition coefficient (Wildman–Crippen LogP) is 11.9. The number of unbranched alkanes of at least 4 members (excludes halogenated alkanes) is 31. The maximum Gasteiger partial charge on any atom is 0.306 e. The zero-order valence-electron chi connectivity index (χ0n) is 39.4. The van der Waals surface area contributed by atoms with Gasteiger partial charge in [-0.1, -0.05) is 206 Å². The minimum absolute atomic E-state index is 0.212. The molecule has 1 heterocycles. The third-order valence-electron chi connectivity index (χ3n) is 12.2. The SMILES string of the molecule is CCCCCC/C=C/CCCCCCCCCCCC(=O)O[C@@H](COC(=O)CCCCCCCCCCCCCCCCCCCCC)CO[C@H]1O[C@@H](CO)[C@@H](O)C(O)C1O. The van der Waals surface area contributed by atoms with Gasteiger partial charge in [0, 0.05) is 12.8 Å². The molecule has 10 heteroatoms. The molecule has 1 fully saturated rings. The Morgan fingerprint density at radius 2 is 0.869 bits per heavy atom. The van der Waals surface area contributed by atoms with E-state index in [9.17, 15) is 30.0 Å². The topological polar surface area (TPSA) is 152 Å². The average molecular weight is 869 g/mol. The zero-order valence-corrected chi connectivity index (χ0v) is 39.4. The van der Waals surface area contributed by atoms with Crippen LogP contribution in [0.4, 0.5) is 0 Å². The van der Waals surface area contributed by atoms with Crippen LogP contribution >= 0.6 is 0 Å². The van der Waals surface area contributed by atoms with Crippen LogP contribution in [0.5, 0.6) is 0 Å². The van der Waals surface area contributed by atoms with E-state index in [4.69, 9.17) is 18.9 Å². The second kappa shape index (κ2) is 42.4. The van der Waals surface area contributed by atoms with E-state index in [0.29, 0.717) is 6.42 Å². The maximum absolute atomic E-state index is 12.8.